The lowest BCUT2D eigenvalue weighted by atomic mass is 10.3. The van der Waals surface area contributed by atoms with E-state index in [9.17, 15) is 18.0 Å². The van der Waals surface area contributed by atoms with Crippen LogP contribution in [0, 0.1) is 0 Å². The fourth-order valence-electron chi connectivity index (χ4n) is 1.64. The minimum atomic E-state index is -4.64. The van der Waals surface area contributed by atoms with Crippen LogP contribution in [0.2, 0.25) is 0 Å². The first-order valence-electron chi connectivity index (χ1n) is 5.39. The number of aromatic nitrogens is 2. The molecule has 0 aromatic carbocycles. The standard InChI is InChI=1S/C10H11F3N4O/c11-10(12,13)9-15-2-1-7(16-9)8(18)17-5-3-14-4-6-17/h1-2,14H,3-6H2. The Balaban J connectivity index is 2.20. The Bertz CT molecular complexity index is 443. The Morgan fingerprint density at radius 1 is 1.33 bits per heavy atom. The van der Waals surface area contributed by atoms with Crippen molar-refractivity contribution < 1.29 is 18.0 Å². The lowest BCUT2D eigenvalue weighted by molar-refractivity contribution is -0.145. The van der Waals surface area contributed by atoms with E-state index in [1.54, 1.807) is 0 Å². The lowest BCUT2D eigenvalue weighted by Gasteiger charge is -2.27. The predicted molar refractivity (Wildman–Crippen MR) is 55.8 cm³/mol. The average molecular weight is 260 g/mol. The zero-order valence-corrected chi connectivity index (χ0v) is 9.37. The summed E-state index contributed by atoms with van der Waals surface area (Å²) >= 11 is 0. The largest absolute Gasteiger partial charge is 0.451 e. The van der Waals surface area contributed by atoms with Gasteiger partial charge in [0.1, 0.15) is 5.69 Å². The molecule has 1 amide bonds. The number of alkyl halides is 3. The highest BCUT2D eigenvalue weighted by Gasteiger charge is 2.35. The molecule has 1 aromatic rings. The van der Waals surface area contributed by atoms with Gasteiger partial charge in [-0.25, -0.2) is 9.97 Å². The molecule has 1 fully saturated rings. The van der Waals surface area contributed by atoms with Crippen LogP contribution in [0.1, 0.15) is 16.3 Å². The molecule has 1 aromatic heterocycles. The van der Waals surface area contributed by atoms with E-state index in [0.29, 0.717) is 26.2 Å². The Morgan fingerprint density at radius 3 is 2.61 bits per heavy atom. The lowest BCUT2D eigenvalue weighted by Crippen LogP contribution is -2.46. The van der Waals surface area contributed by atoms with Gasteiger partial charge in [-0.3, -0.25) is 4.79 Å². The quantitative estimate of drug-likeness (QED) is 0.800. The highest BCUT2D eigenvalue weighted by Crippen LogP contribution is 2.25. The summed E-state index contributed by atoms with van der Waals surface area (Å²) in [5.74, 6) is -1.78. The van der Waals surface area contributed by atoms with Crippen molar-refractivity contribution in [2.24, 2.45) is 0 Å². The van der Waals surface area contributed by atoms with Crippen molar-refractivity contribution in [3.05, 3.63) is 23.8 Å². The van der Waals surface area contributed by atoms with Crippen LogP contribution in [0.25, 0.3) is 0 Å². The molecule has 2 heterocycles. The summed E-state index contributed by atoms with van der Waals surface area (Å²) in [4.78, 5) is 19.8. The fraction of sp³-hybridized carbons (Fsp3) is 0.500. The monoisotopic (exact) mass is 260 g/mol. The first kappa shape index (κ1) is 12.7. The summed E-state index contributed by atoms with van der Waals surface area (Å²) in [6.07, 6.45) is -3.69. The first-order valence-corrected chi connectivity index (χ1v) is 5.39. The Morgan fingerprint density at radius 2 is 2.00 bits per heavy atom. The van der Waals surface area contributed by atoms with Gasteiger partial charge in [0.25, 0.3) is 5.91 Å². The van der Waals surface area contributed by atoms with E-state index in [4.69, 9.17) is 0 Å². The number of carbonyl (C=O) groups excluding carboxylic acids is 1. The van der Waals surface area contributed by atoms with E-state index in [1.807, 2.05) is 0 Å². The Labute approximate surface area is 101 Å². The van der Waals surface area contributed by atoms with Crippen LogP contribution in [-0.2, 0) is 6.18 Å². The number of piperazine rings is 1. The van der Waals surface area contributed by atoms with Gasteiger partial charge in [-0.05, 0) is 6.07 Å². The third-order valence-corrected chi connectivity index (χ3v) is 2.53. The molecule has 98 valence electrons. The second kappa shape index (κ2) is 4.89. The molecule has 0 spiro atoms. The van der Waals surface area contributed by atoms with Gasteiger partial charge in [0.15, 0.2) is 0 Å². The third-order valence-electron chi connectivity index (χ3n) is 2.53. The maximum absolute atomic E-state index is 12.4. The van der Waals surface area contributed by atoms with Gasteiger partial charge in [0.05, 0.1) is 0 Å². The summed E-state index contributed by atoms with van der Waals surface area (Å²) in [6, 6.07) is 1.19. The van der Waals surface area contributed by atoms with Gasteiger partial charge in [0.2, 0.25) is 5.82 Å². The van der Waals surface area contributed by atoms with Gasteiger partial charge >= 0.3 is 6.18 Å². The summed E-state index contributed by atoms with van der Waals surface area (Å²) in [7, 11) is 0. The predicted octanol–water partition coefficient (Wildman–Crippen LogP) is 0.541. The molecule has 0 bridgehead atoms. The molecule has 1 aliphatic rings. The van der Waals surface area contributed by atoms with Crippen molar-refractivity contribution in [2.45, 2.75) is 6.18 Å². The number of rotatable bonds is 1. The van der Waals surface area contributed by atoms with E-state index < -0.39 is 17.9 Å². The zero-order chi connectivity index (χ0) is 13.2. The molecule has 2 rings (SSSR count). The topological polar surface area (TPSA) is 58.1 Å². The maximum atomic E-state index is 12.4. The summed E-state index contributed by atoms with van der Waals surface area (Å²) in [5.41, 5.74) is -0.223. The number of hydrogen-bond donors (Lipinski definition) is 1. The Kier molecular flexibility index (Phi) is 3.46. The number of amides is 1. The van der Waals surface area contributed by atoms with E-state index in [0.717, 1.165) is 6.20 Å². The second-order valence-electron chi connectivity index (χ2n) is 3.81. The second-order valence-corrected chi connectivity index (χ2v) is 3.81. The fourth-order valence-corrected chi connectivity index (χ4v) is 1.64. The molecule has 1 saturated heterocycles. The number of carbonyl (C=O) groups is 1. The number of hydrogen-bond acceptors (Lipinski definition) is 4. The van der Waals surface area contributed by atoms with Gasteiger partial charge < -0.3 is 10.2 Å². The third kappa shape index (κ3) is 2.76. The highest BCUT2D eigenvalue weighted by molar-refractivity contribution is 5.92. The van der Waals surface area contributed by atoms with Crippen LogP contribution in [-0.4, -0.2) is 47.0 Å². The normalized spacial score (nSPS) is 16.7. The molecule has 18 heavy (non-hydrogen) atoms. The van der Waals surface area contributed by atoms with Gasteiger partial charge in [0, 0.05) is 32.4 Å². The first-order chi connectivity index (χ1) is 8.48. The average Bonchev–Trinajstić information content (AvgIpc) is 2.38. The van der Waals surface area contributed by atoms with Crippen LogP contribution in [0.5, 0.6) is 0 Å². The number of nitrogens with zero attached hydrogens (tertiary/aromatic N) is 3. The summed E-state index contributed by atoms with van der Waals surface area (Å²) in [6.45, 7) is 2.18. The van der Waals surface area contributed by atoms with Crippen molar-refractivity contribution in [1.29, 1.82) is 0 Å². The minimum absolute atomic E-state index is 0.223. The number of halogens is 3. The minimum Gasteiger partial charge on any atom is -0.335 e. The van der Waals surface area contributed by atoms with Crippen LogP contribution in [0.15, 0.2) is 12.3 Å². The van der Waals surface area contributed by atoms with Crippen LogP contribution < -0.4 is 5.32 Å². The smallest absolute Gasteiger partial charge is 0.335 e. The van der Waals surface area contributed by atoms with Gasteiger partial charge in [-0.2, -0.15) is 13.2 Å². The molecule has 0 atom stereocenters. The molecular weight excluding hydrogens is 249 g/mol. The van der Waals surface area contributed by atoms with E-state index >= 15 is 0 Å². The van der Waals surface area contributed by atoms with Crippen LogP contribution in [0.4, 0.5) is 13.2 Å². The van der Waals surface area contributed by atoms with Crippen LogP contribution >= 0.6 is 0 Å². The zero-order valence-electron chi connectivity index (χ0n) is 9.37. The molecule has 0 aliphatic carbocycles. The van der Waals surface area contributed by atoms with Crippen LogP contribution in [0.3, 0.4) is 0 Å². The van der Waals surface area contributed by atoms with Crippen molar-refractivity contribution in [3.63, 3.8) is 0 Å². The maximum Gasteiger partial charge on any atom is 0.451 e. The molecule has 0 saturated carbocycles. The van der Waals surface area contributed by atoms with Crippen molar-refractivity contribution in [2.75, 3.05) is 26.2 Å². The Hall–Kier alpha value is -1.70. The van der Waals surface area contributed by atoms with E-state index in [-0.39, 0.29) is 5.69 Å². The van der Waals surface area contributed by atoms with E-state index in [1.165, 1.54) is 11.0 Å². The SMILES string of the molecule is O=C(c1ccnc(C(F)(F)F)n1)N1CCNCC1. The van der Waals surface area contributed by atoms with Crippen molar-refractivity contribution in [1.82, 2.24) is 20.2 Å². The molecule has 1 aliphatic heterocycles. The van der Waals surface area contributed by atoms with Crippen molar-refractivity contribution in [3.8, 4) is 0 Å². The molecule has 5 nitrogen and oxygen atoms in total. The summed E-state index contributed by atoms with van der Waals surface area (Å²) < 4.78 is 37.2. The van der Waals surface area contributed by atoms with E-state index in [2.05, 4.69) is 15.3 Å². The molecule has 8 heteroatoms. The molecule has 0 radical (unpaired) electrons. The van der Waals surface area contributed by atoms with Gasteiger partial charge in [-0.1, -0.05) is 0 Å². The molecular formula is C10H11F3N4O. The van der Waals surface area contributed by atoms with Gasteiger partial charge in [-0.15, -0.1) is 0 Å². The molecule has 1 N–H and O–H groups in total. The summed E-state index contributed by atoms with van der Waals surface area (Å²) in [5, 5.41) is 3.05. The molecule has 0 unspecified atom stereocenters. The van der Waals surface area contributed by atoms with Crippen molar-refractivity contribution >= 4 is 5.91 Å². The highest BCUT2D eigenvalue weighted by atomic mass is 19.4. The number of nitrogens with one attached hydrogen (secondary N) is 1.